The first-order valence-corrected chi connectivity index (χ1v) is 20.6. The van der Waals surface area contributed by atoms with Crippen LogP contribution in [0.2, 0.25) is 0 Å². The van der Waals surface area contributed by atoms with Crippen LogP contribution in [0.4, 0.5) is 0 Å². The fourth-order valence-electron chi connectivity index (χ4n) is 6.71. The van der Waals surface area contributed by atoms with E-state index in [1.165, 1.54) is 55.8 Å². The summed E-state index contributed by atoms with van der Waals surface area (Å²) in [6, 6.07) is -4.26. The zero-order valence-electron chi connectivity index (χ0n) is 37.9. The molecule has 1 rings (SSSR count). The van der Waals surface area contributed by atoms with Gasteiger partial charge in [0.2, 0.25) is 23.6 Å². The molecule has 0 radical (unpaired) electrons. The lowest BCUT2D eigenvalue weighted by Gasteiger charge is -2.37. The molecule has 0 aromatic heterocycles. The van der Waals surface area contributed by atoms with E-state index in [-0.39, 0.29) is 17.9 Å². The molecule has 1 aliphatic heterocycles. The molecule has 0 aliphatic carbocycles. The Morgan fingerprint density at radius 2 is 1.36 bits per heavy atom. The highest BCUT2D eigenvalue weighted by Gasteiger charge is 2.40. The van der Waals surface area contributed by atoms with Crippen molar-refractivity contribution in [2.75, 3.05) is 27.7 Å². The maximum absolute atomic E-state index is 14.2. The van der Waals surface area contributed by atoms with Gasteiger partial charge in [-0.15, -0.1) is 0 Å². The number of cyclic esters (lactones) is 2. The Hall–Kier alpha value is -4.27. The largest absolute Gasteiger partial charge is 0.456 e. The van der Waals surface area contributed by atoms with Crippen molar-refractivity contribution >= 4 is 41.5 Å². The van der Waals surface area contributed by atoms with Crippen molar-refractivity contribution < 1.29 is 48.1 Å². The van der Waals surface area contributed by atoms with Crippen LogP contribution >= 0.6 is 0 Å². The normalized spacial score (nSPS) is 29.6. The summed E-state index contributed by atoms with van der Waals surface area (Å²) in [5.41, 5.74) is 0.824. The van der Waals surface area contributed by atoms with Crippen molar-refractivity contribution in [2.45, 2.75) is 152 Å². The first kappa shape index (κ1) is 51.7. The molecule has 15 heteroatoms. The van der Waals surface area contributed by atoms with Crippen molar-refractivity contribution in [3.8, 4) is 0 Å². The second kappa shape index (κ2) is 23.4. The Labute approximate surface area is 346 Å². The number of allylic oxidation sites excluding steroid dienone is 1. The van der Waals surface area contributed by atoms with Gasteiger partial charge in [-0.2, -0.15) is 0 Å². The van der Waals surface area contributed by atoms with E-state index >= 15 is 0 Å². The van der Waals surface area contributed by atoms with E-state index in [0.717, 1.165) is 0 Å². The van der Waals surface area contributed by atoms with Gasteiger partial charge < -0.3 is 39.9 Å². The van der Waals surface area contributed by atoms with Gasteiger partial charge in [0.05, 0.1) is 12.6 Å². The fraction of sp³-hybridized carbons (Fsp3) is 0.744. The maximum Gasteiger partial charge on any atom is 0.334 e. The van der Waals surface area contributed by atoms with E-state index in [2.05, 4.69) is 10.6 Å². The molecule has 9 atom stereocenters. The van der Waals surface area contributed by atoms with Crippen LogP contribution < -0.4 is 10.6 Å². The molecule has 0 unspecified atom stereocenters. The summed E-state index contributed by atoms with van der Waals surface area (Å²) in [7, 11) is 4.35. The minimum absolute atomic E-state index is 0.0146. The first-order valence-electron chi connectivity index (χ1n) is 20.6. The highest BCUT2D eigenvalue weighted by atomic mass is 16.6. The summed E-state index contributed by atoms with van der Waals surface area (Å²) in [6.07, 6.45) is 1.25. The van der Waals surface area contributed by atoms with Crippen LogP contribution in [0.25, 0.3) is 0 Å². The molecule has 58 heavy (non-hydrogen) atoms. The average Bonchev–Trinajstić information content (AvgIpc) is 3.16. The minimum Gasteiger partial charge on any atom is -0.456 e. The number of hydrogen-bond acceptors (Lipinski definition) is 10. The summed E-state index contributed by atoms with van der Waals surface area (Å²) in [5.74, 6) is -6.78. The number of amides is 5. The van der Waals surface area contributed by atoms with Gasteiger partial charge in [0.1, 0.15) is 30.3 Å². The third-order valence-electron chi connectivity index (χ3n) is 11.1. The number of likely N-dealkylation sites (N-methyl/N-ethyl adjacent to an activating group) is 3. The fourth-order valence-corrected chi connectivity index (χ4v) is 6.71. The molecular formula is C43H73N5O10. The van der Waals surface area contributed by atoms with Gasteiger partial charge in [0.25, 0.3) is 5.91 Å². The van der Waals surface area contributed by atoms with E-state index < -0.39 is 114 Å². The summed E-state index contributed by atoms with van der Waals surface area (Å²) in [4.78, 5) is 100. The van der Waals surface area contributed by atoms with Crippen molar-refractivity contribution in [3.05, 3.63) is 23.3 Å². The van der Waals surface area contributed by atoms with Gasteiger partial charge in [-0.25, -0.2) is 9.59 Å². The Bertz CT molecular complexity index is 1520. The zero-order chi connectivity index (χ0) is 44.9. The summed E-state index contributed by atoms with van der Waals surface area (Å²) in [5, 5.41) is 16.8. The van der Waals surface area contributed by atoms with Gasteiger partial charge in [-0.3, -0.25) is 24.0 Å². The van der Waals surface area contributed by atoms with Crippen molar-refractivity contribution in [3.63, 3.8) is 0 Å². The molecule has 3 N–H and O–H groups in total. The van der Waals surface area contributed by atoms with E-state index in [1.54, 1.807) is 55.4 Å². The molecule has 15 nitrogen and oxygen atoms in total. The second-order valence-corrected chi connectivity index (χ2v) is 17.0. The van der Waals surface area contributed by atoms with Gasteiger partial charge in [0, 0.05) is 32.6 Å². The van der Waals surface area contributed by atoms with Crippen LogP contribution in [0.3, 0.4) is 0 Å². The topological polar surface area (TPSA) is 192 Å². The molecule has 330 valence electrons. The van der Waals surface area contributed by atoms with Gasteiger partial charge in [0.15, 0.2) is 6.10 Å². The number of esters is 2. The number of aliphatic hydroxyl groups excluding tert-OH is 1. The summed E-state index contributed by atoms with van der Waals surface area (Å²) < 4.78 is 11.7. The predicted octanol–water partition coefficient (Wildman–Crippen LogP) is 3.63. The number of nitrogens with one attached hydrogen (secondary N) is 2. The quantitative estimate of drug-likeness (QED) is 0.253. The molecule has 1 heterocycles. The second-order valence-electron chi connectivity index (χ2n) is 17.0. The molecule has 0 fully saturated rings. The smallest absolute Gasteiger partial charge is 0.334 e. The predicted molar refractivity (Wildman–Crippen MR) is 222 cm³/mol. The number of ether oxygens (including phenoxy) is 2. The van der Waals surface area contributed by atoms with Gasteiger partial charge >= 0.3 is 11.9 Å². The van der Waals surface area contributed by atoms with Crippen LogP contribution in [0.5, 0.6) is 0 Å². The van der Waals surface area contributed by atoms with Crippen LogP contribution in [0.15, 0.2) is 23.3 Å². The van der Waals surface area contributed by atoms with Crippen molar-refractivity contribution in [1.82, 2.24) is 25.3 Å². The van der Waals surface area contributed by atoms with Crippen LogP contribution in [-0.4, -0.2) is 131 Å². The molecule has 0 aromatic carbocycles. The van der Waals surface area contributed by atoms with E-state index in [0.29, 0.717) is 18.4 Å². The van der Waals surface area contributed by atoms with Crippen molar-refractivity contribution in [2.24, 2.45) is 29.6 Å². The SMILES string of the molecule is CC/C=C(\C)[C@H]1OC(=O)[C@H](C)N(C)C(=O)[C@H](C(C)C)NC(=O)CN(C)C(=O)[C@H]([C@H](C)CC)N(C)C(=O)[C@H](C(C)C)NC(=O)[C@H](C(C)C)OC(=O)/C(C)=C/C[C@H](O)[C@@H]1C. The number of hydrogen-bond donors (Lipinski definition) is 3. The average molecular weight is 820 g/mol. The number of carbonyl (C=O) groups excluding carboxylic acids is 7. The van der Waals surface area contributed by atoms with Crippen LogP contribution in [-0.2, 0) is 43.0 Å². The standard InChI is InChI=1S/C43H73N5O10/c1-17-19-27(10)37-29(12)31(49)21-20-28(11)42(55)57-36(25(7)8)38(51)45-34(24(5)6)40(53)48(16)35(26(9)18-2)41(54)46(14)22-32(50)44-33(23(3)4)39(52)47(15)30(13)43(56)58-37/h19-20,23-26,29-31,33-37,49H,17-18,21-22H2,1-16H3,(H,44,50)(H,45,51)/b27-19+,28-20+/t26-,29+,30+,31+,33+,34+,35+,36+,37-/m1/s1. The molecule has 1 aliphatic rings. The number of nitrogens with zero attached hydrogens (tertiary/aromatic N) is 3. The van der Waals surface area contributed by atoms with E-state index in [9.17, 15) is 38.7 Å². The molecular weight excluding hydrogens is 746 g/mol. The monoisotopic (exact) mass is 820 g/mol. The molecule has 0 bridgehead atoms. The number of rotatable bonds is 7. The van der Waals surface area contributed by atoms with E-state index in [1.807, 2.05) is 26.8 Å². The van der Waals surface area contributed by atoms with Crippen LogP contribution in [0.1, 0.15) is 109 Å². The minimum atomic E-state index is -1.28. The summed E-state index contributed by atoms with van der Waals surface area (Å²) in [6.45, 7) is 22.1. The Kier molecular flexibility index (Phi) is 20.8. The lowest BCUT2D eigenvalue weighted by molar-refractivity contribution is -0.160. The van der Waals surface area contributed by atoms with Gasteiger partial charge in [-0.05, 0) is 62.9 Å². The van der Waals surface area contributed by atoms with Gasteiger partial charge in [-0.1, -0.05) is 87.8 Å². The lowest BCUT2D eigenvalue weighted by Crippen LogP contribution is -2.60. The van der Waals surface area contributed by atoms with Crippen molar-refractivity contribution in [1.29, 1.82) is 0 Å². The zero-order valence-corrected chi connectivity index (χ0v) is 37.9. The van der Waals surface area contributed by atoms with E-state index in [4.69, 9.17) is 9.47 Å². The Morgan fingerprint density at radius 1 is 0.828 bits per heavy atom. The molecule has 0 aromatic rings. The Balaban J connectivity index is 3.85. The highest BCUT2D eigenvalue weighted by Crippen LogP contribution is 2.25. The van der Waals surface area contributed by atoms with Crippen LogP contribution in [0, 0.1) is 29.6 Å². The number of carbonyl (C=O) groups is 7. The third kappa shape index (κ3) is 13.9. The Morgan fingerprint density at radius 3 is 1.86 bits per heavy atom. The first-order chi connectivity index (χ1) is 26.8. The third-order valence-corrected chi connectivity index (χ3v) is 11.1. The summed E-state index contributed by atoms with van der Waals surface area (Å²) >= 11 is 0. The molecule has 0 saturated carbocycles. The maximum atomic E-state index is 14.2. The highest BCUT2D eigenvalue weighted by molar-refractivity contribution is 5.96. The molecule has 5 amide bonds. The molecule has 0 saturated heterocycles. The lowest BCUT2D eigenvalue weighted by atomic mass is 9.90. The molecule has 0 spiro atoms. The number of aliphatic hydroxyl groups is 1.